The van der Waals surface area contributed by atoms with Crippen LogP contribution >= 0.6 is 0 Å². The predicted molar refractivity (Wildman–Crippen MR) is 81.6 cm³/mol. The lowest BCUT2D eigenvalue weighted by molar-refractivity contribution is -0.0674. The minimum absolute atomic E-state index is 0.244. The minimum Gasteiger partial charge on any atom is -0.383 e. The predicted octanol–water partition coefficient (Wildman–Crippen LogP) is 0.467. The van der Waals surface area contributed by atoms with Gasteiger partial charge in [0.1, 0.15) is 5.82 Å². The number of nitrogens with zero attached hydrogens (tertiary/aromatic N) is 6. The third-order valence-corrected chi connectivity index (χ3v) is 4.72. The van der Waals surface area contributed by atoms with E-state index in [0.717, 1.165) is 44.1 Å². The summed E-state index contributed by atoms with van der Waals surface area (Å²) in [6.07, 6.45) is 6.93. The highest BCUT2D eigenvalue weighted by Crippen LogP contribution is 2.30. The molecule has 0 saturated carbocycles. The molecule has 0 aromatic carbocycles. The van der Waals surface area contributed by atoms with E-state index < -0.39 is 0 Å². The van der Waals surface area contributed by atoms with Crippen LogP contribution in [0, 0.1) is 0 Å². The number of aromatic nitrogens is 5. The molecule has 0 radical (unpaired) electrons. The topological polar surface area (TPSA) is 70.2 Å². The van der Waals surface area contributed by atoms with E-state index in [9.17, 15) is 0 Å². The lowest BCUT2D eigenvalue weighted by Gasteiger charge is -2.40. The maximum Gasteiger partial charge on any atom is 0.122 e. The monoisotopic (exact) mass is 318 g/mol. The molecule has 1 fully saturated rings. The van der Waals surface area contributed by atoms with Gasteiger partial charge in [0, 0.05) is 39.1 Å². The summed E-state index contributed by atoms with van der Waals surface area (Å²) in [5.41, 5.74) is 1.06. The number of methoxy groups -OCH3 is 1. The zero-order valence-corrected chi connectivity index (χ0v) is 13.3. The van der Waals surface area contributed by atoms with E-state index in [2.05, 4.69) is 24.8 Å². The Labute approximate surface area is 135 Å². The minimum atomic E-state index is 0.244. The van der Waals surface area contributed by atoms with Gasteiger partial charge in [-0.25, -0.2) is 9.67 Å². The smallest absolute Gasteiger partial charge is 0.122 e. The van der Waals surface area contributed by atoms with Crippen LogP contribution in [0.4, 0.5) is 0 Å². The van der Waals surface area contributed by atoms with Crippen molar-refractivity contribution in [2.45, 2.75) is 38.3 Å². The second-order valence-corrected chi connectivity index (χ2v) is 6.14. The van der Waals surface area contributed by atoms with Crippen LogP contribution in [0.1, 0.15) is 24.0 Å². The van der Waals surface area contributed by atoms with E-state index in [1.54, 1.807) is 13.3 Å². The maximum atomic E-state index is 5.96. The van der Waals surface area contributed by atoms with Gasteiger partial charge in [0.2, 0.25) is 0 Å². The molecule has 0 bridgehead atoms. The molecule has 8 heteroatoms. The van der Waals surface area contributed by atoms with Gasteiger partial charge in [0.05, 0.1) is 43.8 Å². The van der Waals surface area contributed by atoms with Crippen molar-refractivity contribution in [2.24, 2.45) is 0 Å². The first-order valence-electron chi connectivity index (χ1n) is 8.07. The van der Waals surface area contributed by atoms with Gasteiger partial charge in [-0.15, -0.1) is 5.10 Å². The molecule has 2 aromatic rings. The molecule has 2 atom stereocenters. The van der Waals surface area contributed by atoms with Crippen LogP contribution in [-0.2, 0) is 29.2 Å². The number of hydrogen-bond donors (Lipinski definition) is 0. The molecule has 2 aromatic heterocycles. The van der Waals surface area contributed by atoms with Crippen molar-refractivity contribution in [3.63, 3.8) is 0 Å². The van der Waals surface area contributed by atoms with Crippen molar-refractivity contribution in [3.8, 4) is 0 Å². The van der Waals surface area contributed by atoms with E-state index in [0.29, 0.717) is 13.2 Å². The zero-order chi connectivity index (χ0) is 15.6. The molecule has 124 valence electrons. The summed E-state index contributed by atoms with van der Waals surface area (Å²) < 4.78 is 15.3. The Morgan fingerprint density at radius 3 is 3.30 bits per heavy atom. The average molecular weight is 318 g/mol. The number of rotatable bonds is 5. The number of likely N-dealkylation sites (tertiary alicyclic amines) is 1. The van der Waals surface area contributed by atoms with Crippen molar-refractivity contribution in [2.75, 3.05) is 26.8 Å². The fourth-order valence-corrected chi connectivity index (χ4v) is 3.47. The van der Waals surface area contributed by atoms with Crippen LogP contribution in [0.15, 0.2) is 18.6 Å². The number of imidazole rings is 1. The van der Waals surface area contributed by atoms with Crippen molar-refractivity contribution in [1.82, 2.24) is 29.4 Å². The summed E-state index contributed by atoms with van der Waals surface area (Å²) in [5.74, 6) is 1.08. The molecule has 4 rings (SSSR count). The molecule has 23 heavy (non-hydrogen) atoms. The Kier molecular flexibility index (Phi) is 4.11. The normalized spacial score (nSPS) is 24.4. The Morgan fingerprint density at radius 1 is 1.43 bits per heavy atom. The SMILES string of the molecule is COCCn1ccnc1CN1CCC2OCc3cnnn3C2C1. The van der Waals surface area contributed by atoms with Gasteiger partial charge in [-0.05, 0) is 6.42 Å². The second kappa shape index (κ2) is 6.38. The van der Waals surface area contributed by atoms with Gasteiger partial charge >= 0.3 is 0 Å². The summed E-state index contributed by atoms with van der Waals surface area (Å²) in [4.78, 5) is 6.92. The number of fused-ring (bicyclic) bond motifs is 3. The van der Waals surface area contributed by atoms with E-state index in [-0.39, 0.29) is 12.1 Å². The zero-order valence-electron chi connectivity index (χ0n) is 13.3. The largest absolute Gasteiger partial charge is 0.383 e. The fourth-order valence-electron chi connectivity index (χ4n) is 3.47. The lowest BCUT2D eigenvalue weighted by atomic mass is 10.0. The maximum absolute atomic E-state index is 5.96. The molecule has 1 saturated heterocycles. The summed E-state index contributed by atoms with van der Waals surface area (Å²) >= 11 is 0. The molecular weight excluding hydrogens is 296 g/mol. The standard InChI is InChI=1S/C15H22N6O2/c1-22-7-6-20-5-3-16-15(20)10-19-4-2-14-13(9-19)21-12(11-23-14)8-17-18-21/h3,5,8,13-14H,2,4,6-7,9-11H2,1H3. The highest BCUT2D eigenvalue weighted by Gasteiger charge is 2.36. The highest BCUT2D eigenvalue weighted by atomic mass is 16.5. The Balaban J connectivity index is 1.45. The van der Waals surface area contributed by atoms with E-state index in [1.165, 1.54) is 0 Å². The van der Waals surface area contributed by atoms with Crippen LogP contribution in [-0.4, -0.2) is 62.4 Å². The van der Waals surface area contributed by atoms with Crippen LogP contribution in [0.2, 0.25) is 0 Å². The van der Waals surface area contributed by atoms with Gasteiger partial charge in [-0.3, -0.25) is 4.90 Å². The van der Waals surface area contributed by atoms with Crippen LogP contribution in [0.25, 0.3) is 0 Å². The van der Waals surface area contributed by atoms with E-state index in [4.69, 9.17) is 9.47 Å². The third-order valence-electron chi connectivity index (χ3n) is 4.72. The van der Waals surface area contributed by atoms with Crippen LogP contribution in [0.3, 0.4) is 0 Å². The van der Waals surface area contributed by atoms with E-state index >= 15 is 0 Å². The Morgan fingerprint density at radius 2 is 2.39 bits per heavy atom. The summed E-state index contributed by atoms with van der Waals surface area (Å²) in [5, 5.41) is 8.28. The molecule has 4 heterocycles. The number of ether oxygens (including phenoxy) is 2. The van der Waals surface area contributed by atoms with Gasteiger partial charge in [-0.2, -0.15) is 0 Å². The second-order valence-electron chi connectivity index (χ2n) is 6.14. The van der Waals surface area contributed by atoms with Gasteiger partial charge in [-0.1, -0.05) is 5.21 Å². The van der Waals surface area contributed by atoms with E-state index in [1.807, 2.05) is 17.1 Å². The molecule has 2 unspecified atom stereocenters. The molecule has 0 amide bonds. The van der Waals surface area contributed by atoms with Crippen molar-refractivity contribution >= 4 is 0 Å². The van der Waals surface area contributed by atoms with Crippen molar-refractivity contribution in [1.29, 1.82) is 0 Å². The third kappa shape index (κ3) is 2.89. The molecule has 0 N–H and O–H groups in total. The molecule has 2 aliphatic heterocycles. The van der Waals surface area contributed by atoms with Crippen molar-refractivity contribution in [3.05, 3.63) is 30.1 Å². The van der Waals surface area contributed by atoms with Gasteiger partial charge < -0.3 is 14.0 Å². The van der Waals surface area contributed by atoms with Crippen LogP contribution in [0.5, 0.6) is 0 Å². The molecule has 2 aliphatic rings. The number of piperidine rings is 1. The average Bonchev–Trinajstić information content (AvgIpc) is 3.22. The van der Waals surface area contributed by atoms with Crippen LogP contribution < -0.4 is 0 Å². The lowest BCUT2D eigenvalue weighted by Crippen LogP contribution is -2.47. The molecule has 0 aliphatic carbocycles. The first-order valence-corrected chi connectivity index (χ1v) is 8.07. The molecule has 0 spiro atoms. The van der Waals surface area contributed by atoms with Gasteiger partial charge in [0.25, 0.3) is 0 Å². The summed E-state index contributed by atoms with van der Waals surface area (Å²) in [6.45, 7) is 4.92. The van der Waals surface area contributed by atoms with Crippen molar-refractivity contribution < 1.29 is 9.47 Å². The quantitative estimate of drug-likeness (QED) is 0.798. The van der Waals surface area contributed by atoms with Gasteiger partial charge in [0.15, 0.2) is 0 Å². The number of hydrogen-bond acceptors (Lipinski definition) is 6. The summed E-state index contributed by atoms with van der Waals surface area (Å²) in [6, 6.07) is 0.248. The summed E-state index contributed by atoms with van der Waals surface area (Å²) in [7, 11) is 1.72. The first-order chi connectivity index (χ1) is 11.3. The first kappa shape index (κ1) is 14.8. The molecule has 8 nitrogen and oxygen atoms in total. The highest BCUT2D eigenvalue weighted by molar-refractivity contribution is 5.02. The molecular formula is C15H22N6O2. The Bertz CT molecular complexity index is 654. The fraction of sp³-hybridized carbons (Fsp3) is 0.667. The Hall–Kier alpha value is -1.77.